The average molecular weight is 341 g/mol. The van der Waals surface area contributed by atoms with Gasteiger partial charge in [-0.3, -0.25) is 9.59 Å². The molecule has 1 heterocycles. The predicted octanol–water partition coefficient (Wildman–Crippen LogP) is 2.09. The average Bonchev–Trinajstić information content (AvgIpc) is 3.20. The first-order valence-electron chi connectivity index (χ1n) is 8.57. The molecule has 6 nitrogen and oxygen atoms in total. The first kappa shape index (κ1) is 17.4. The van der Waals surface area contributed by atoms with E-state index in [4.69, 9.17) is 0 Å². The molecule has 2 N–H and O–H groups in total. The fraction of sp³-hybridized carbons (Fsp3) is 0.421. The first-order valence-corrected chi connectivity index (χ1v) is 8.57. The SMILES string of the molecule is Cc1nn(-c2ccccc2)c(C)c1C(=O)C(=O)NC1(CO)CCCC1. The lowest BCUT2D eigenvalue weighted by Crippen LogP contribution is -2.51. The second-order valence-electron chi connectivity index (χ2n) is 6.72. The number of rotatable bonds is 5. The molecule has 6 heteroatoms. The van der Waals surface area contributed by atoms with Crippen LogP contribution in [0.25, 0.3) is 5.69 Å². The highest BCUT2D eigenvalue weighted by molar-refractivity contribution is 6.43. The molecule has 1 amide bonds. The second kappa shape index (κ2) is 6.80. The minimum absolute atomic E-state index is 0.146. The lowest BCUT2D eigenvalue weighted by Gasteiger charge is -2.27. The van der Waals surface area contributed by atoms with Crippen molar-refractivity contribution in [2.24, 2.45) is 0 Å². The Bertz CT molecular complexity index is 790. The van der Waals surface area contributed by atoms with Crippen molar-refractivity contribution in [3.05, 3.63) is 47.3 Å². The van der Waals surface area contributed by atoms with Crippen LogP contribution in [0, 0.1) is 13.8 Å². The number of para-hydroxylation sites is 1. The minimum Gasteiger partial charge on any atom is -0.394 e. The quantitative estimate of drug-likeness (QED) is 0.644. The van der Waals surface area contributed by atoms with E-state index in [1.165, 1.54) is 0 Å². The Morgan fingerprint density at radius 2 is 1.84 bits per heavy atom. The van der Waals surface area contributed by atoms with Gasteiger partial charge in [-0.25, -0.2) is 4.68 Å². The van der Waals surface area contributed by atoms with Crippen LogP contribution in [0.2, 0.25) is 0 Å². The molecule has 25 heavy (non-hydrogen) atoms. The number of nitrogens with one attached hydrogen (secondary N) is 1. The molecule has 1 aliphatic rings. The van der Waals surface area contributed by atoms with Crippen LogP contribution in [-0.2, 0) is 4.79 Å². The van der Waals surface area contributed by atoms with Crippen LogP contribution >= 0.6 is 0 Å². The van der Waals surface area contributed by atoms with Gasteiger partial charge in [-0.05, 0) is 38.8 Å². The molecular weight excluding hydrogens is 318 g/mol. The number of carbonyl (C=O) groups is 2. The normalized spacial score (nSPS) is 16.0. The third-order valence-corrected chi connectivity index (χ3v) is 4.97. The Morgan fingerprint density at radius 3 is 2.44 bits per heavy atom. The molecule has 3 rings (SSSR count). The van der Waals surface area contributed by atoms with E-state index in [1.54, 1.807) is 18.5 Å². The van der Waals surface area contributed by atoms with E-state index in [0.717, 1.165) is 18.5 Å². The van der Waals surface area contributed by atoms with E-state index in [1.807, 2.05) is 30.3 Å². The molecule has 0 bridgehead atoms. The maximum atomic E-state index is 12.7. The Balaban J connectivity index is 1.87. The Kier molecular flexibility index (Phi) is 4.72. The Hall–Kier alpha value is -2.47. The van der Waals surface area contributed by atoms with Gasteiger partial charge >= 0.3 is 0 Å². The maximum absolute atomic E-state index is 12.7. The number of aryl methyl sites for hydroxylation is 1. The zero-order valence-corrected chi connectivity index (χ0v) is 14.6. The van der Waals surface area contributed by atoms with Gasteiger partial charge in [0.05, 0.1) is 34.8 Å². The highest BCUT2D eigenvalue weighted by Gasteiger charge is 2.37. The third kappa shape index (κ3) is 3.22. The number of aliphatic hydroxyl groups excluding tert-OH is 1. The molecule has 0 atom stereocenters. The van der Waals surface area contributed by atoms with E-state index in [-0.39, 0.29) is 6.61 Å². The number of amides is 1. The topological polar surface area (TPSA) is 84.2 Å². The first-order chi connectivity index (χ1) is 12.0. The van der Waals surface area contributed by atoms with Gasteiger partial charge in [0.25, 0.3) is 11.7 Å². The largest absolute Gasteiger partial charge is 0.394 e. The van der Waals surface area contributed by atoms with E-state index in [0.29, 0.717) is 29.8 Å². The number of Topliss-reactive ketones (excluding diaryl/α,β-unsaturated/α-hetero) is 1. The van der Waals surface area contributed by atoms with Crippen molar-refractivity contribution in [2.75, 3.05) is 6.61 Å². The van der Waals surface area contributed by atoms with Crippen molar-refractivity contribution >= 4 is 11.7 Å². The highest BCUT2D eigenvalue weighted by Crippen LogP contribution is 2.29. The molecule has 1 fully saturated rings. The Morgan fingerprint density at radius 1 is 1.20 bits per heavy atom. The van der Waals surface area contributed by atoms with Gasteiger partial charge in [0.1, 0.15) is 0 Å². The molecule has 132 valence electrons. The van der Waals surface area contributed by atoms with Gasteiger partial charge in [0, 0.05) is 0 Å². The van der Waals surface area contributed by atoms with Crippen molar-refractivity contribution in [1.29, 1.82) is 0 Å². The van der Waals surface area contributed by atoms with Gasteiger partial charge in [0.15, 0.2) is 0 Å². The standard InChI is InChI=1S/C19H23N3O3/c1-13-16(14(2)22(21-13)15-8-4-3-5-9-15)17(24)18(25)20-19(12-23)10-6-7-11-19/h3-5,8-9,23H,6-7,10-12H2,1-2H3,(H,20,25). The predicted molar refractivity (Wildman–Crippen MR) is 93.8 cm³/mol. The van der Waals surface area contributed by atoms with Crippen LogP contribution in [0.1, 0.15) is 47.4 Å². The summed E-state index contributed by atoms with van der Waals surface area (Å²) >= 11 is 0. The summed E-state index contributed by atoms with van der Waals surface area (Å²) in [7, 11) is 0. The lowest BCUT2D eigenvalue weighted by atomic mass is 9.98. The van der Waals surface area contributed by atoms with E-state index in [2.05, 4.69) is 10.4 Å². The molecule has 1 aromatic carbocycles. The van der Waals surface area contributed by atoms with E-state index < -0.39 is 17.2 Å². The smallest absolute Gasteiger partial charge is 0.293 e. The van der Waals surface area contributed by atoms with Gasteiger partial charge in [-0.15, -0.1) is 0 Å². The van der Waals surface area contributed by atoms with Crippen LogP contribution in [0.5, 0.6) is 0 Å². The number of aliphatic hydroxyl groups is 1. The fourth-order valence-electron chi connectivity index (χ4n) is 3.58. The number of nitrogens with zero attached hydrogens (tertiary/aromatic N) is 2. The molecule has 0 saturated heterocycles. The number of benzene rings is 1. The van der Waals surface area contributed by atoms with Gasteiger partial charge < -0.3 is 10.4 Å². The molecule has 0 aliphatic heterocycles. The molecule has 0 radical (unpaired) electrons. The second-order valence-corrected chi connectivity index (χ2v) is 6.72. The molecular formula is C19H23N3O3. The fourth-order valence-corrected chi connectivity index (χ4v) is 3.58. The van der Waals surface area contributed by atoms with Crippen molar-refractivity contribution < 1.29 is 14.7 Å². The summed E-state index contributed by atoms with van der Waals surface area (Å²) < 4.78 is 1.67. The number of hydrogen-bond acceptors (Lipinski definition) is 4. The number of hydrogen-bond donors (Lipinski definition) is 2. The minimum atomic E-state index is -0.672. The number of ketones is 1. The zero-order chi connectivity index (χ0) is 18.0. The zero-order valence-electron chi connectivity index (χ0n) is 14.6. The summed E-state index contributed by atoms with van der Waals surface area (Å²) in [4.78, 5) is 25.2. The van der Waals surface area contributed by atoms with Gasteiger partial charge in [-0.2, -0.15) is 5.10 Å². The monoisotopic (exact) mass is 341 g/mol. The van der Waals surface area contributed by atoms with Crippen LogP contribution in [0.3, 0.4) is 0 Å². The third-order valence-electron chi connectivity index (χ3n) is 4.97. The summed E-state index contributed by atoms with van der Waals surface area (Å²) in [6.45, 7) is 3.36. The van der Waals surface area contributed by atoms with Crippen LogP contribution in [0.4, 0.5) is 0 Å². The highest BCUT2D eigenvalue weighted by atomic mass is 16.3. The van der Waals surface area contributed by atoms with Crippen molar-refractivity contribution in [2.45, 2.75) is 45.1 Å². The molecule has 0 unspecified atom stereocenters. The molecule has 2 aromatic rings. The van der Waals surface area contributed by atoms with Gasteiger partial charge in [0.2, 0.25) is 0 Å². The molecule has 0 spiro atoms. The summed E-state index contributed by atoms with van der Waals surface area (Å²) in [5, 5.41) is 16.8. The molecule has 1 saturated carbocycles. The molecule has 1 aliphatic carbocycles. The van der Waals surface area contributed by atoms with Crippen molar-refractivity contribution in [3.63, 3.8) is 0 Å². The van der Waals surface area contributed by atoms with Crippen molar-refractivity contribution in [3.8, 4) is 5.69 Å². The maximum Gasteiger partial charge on any atom is 0.293 e. The van der Waals surface area contributed by atoms with E-state index >= 15 is 0 Å². The number of carbonyl (C=O) groups excluding carboxylic acids is 2. The van der Waals surface area contributed by atoms with E-state index in [9.17, 15) is 14.7 Å². The van der Waals surface area contributed by atoms with Crippen LogP contribution < -0.4 is 5.32 Å². The van der Waals surface area contributed by atoms with Crippen LogP contribution in [-0.4, -0.2) is 38.7 Å². The van der Waals surface area contributed by atoms with Crippen molar-refractivity contribution in [1.82, 2.24) is 15.1 Å². The Labute approximate surface area is 146 Å². The summed E-state index contributed by atoms with van der Waals surface area (Å²) in [6, 6.07) is 9.49. The summed E-state index contributed by atoms with van der Waals surface area (Å²) in [5.41, 5.74) is 1.65. The number of aromatic nitrogens is 2. The summed E-state index contributed by atoms with van der Waals surface area (Å²) in [5.74, 6) is -1.27. The van der Waals surface area contributed by atoms with Gasteiger partial charge in [-0.1, -0.05) is 31.0 Å². The lowest BCUT2D eigenvalue weighted by molar-refractivity contribution is -0.119. The molecule has 1 aromatic heterocycles. The van der Waals surface area contributed by atoms with Crippen LogP contribution in [0.15, 0.2) is 30.3 Å². The summed E-state index contributed by atoms with van der Waals surface area (Å²) in [6.07, 6.45) is 3.28.